The first kappa shape index (κ1) is 20.8. The second-order valence-electron chi connectivity index (χ2n) is 8.02. The Morgan fingerprint density at radius 1 is 1.25 bits per heavy atom. The number of nitrogens with zero attached hydrogens (tertiary/aromatic N) is 1. The highest BCUT2D eigenvalue weighted by Gasteiger charge is 2.47. The molecular formula is C21H28F3NO3. The number of methoxy groups -OCH3 is 1. The molecule has 2 aliphatic rings. The molecule has 1 aromatic rings. The highest BCUT2D eigenvalue weighted by atomic mass is 19.4. The Hall–Kier alpha value is -1.92. The average Bonchev–Trinajstić information content (AvgIpc) is 2.65. The smallest absolute Gasteiger partial charge is 0.419 e. The molecule has 0 unspecified atom stereocenters. The Morgan fingerprint density at radius 3 is 2.50 bits per heavy atom. The zero-order valence-corrected chi connectivity index (χ0v) is 16.5. The van der Waals surface area contributed by atoms with Crippen molar-refractivity contribution in [1.82, 2.24) is 4.90 Å². The normalized spacial score (nSPS) is 19.4. The maximum Gasteiger partial charge on any atom is 0.419 e. The fraction of sp³-hybridized carbons (Fsp3) is 0.667. The van der Waals surface area contributed by atoms with Crippen molar-refractivity contribution in [3.63, 3.8) is 0 Å². The molecule has 1 aliphatic heterocycles. The van der Waals surface area contributed by atoms with Crippen molar-refractivity contribution in [1.29, 1.82) is 0 Å². The summed E-state index contributed by atoms with van der Waals surface area (Å²) in [5.74, 6) is -0.00441. The van der Waals surface area contributed by atoms with Crippen LogP contribution < -0.4 is 4.74 Å². The van der Waals surface area contributed by atoms with Crippen LogP contribution in [0.25, 0.3) is 0 Å². The maximum absolute atomic E-state index is 13.2. The van der Waals surface area contributed by atoms with Crippen LogP contribution in [0.2, 0.25) is 0 Å². The molecule has 1 saturated carbocycles. The van der Waals surface area contributed by atoms with Gasteiger partial charge in [0.25, 0.3) is 0 Å². The highest BCUT2D eigenvalue weighted by molar-refractivity contribution is 5.67. The van der Waals surface area contributed by atoms with E-state index >= 15 is 0 Å². The first-order valence-corrected chi connectivity index (χ1v) is 9.95. The number of piperidine rings is 1. The molecule has 1 saturated heterocycles. The van der Waals surface area contributed by atoms with Crippen LogP contribution in [-0.2, 0) is 10.9 Å². The summed E-state index contributed by atoms with van der Waals surface area (Å²) in [6, 6.07) is 4.39. The Labute approximate surface area is 164 Å². The number of hydrogen-bond acceptors (Lipinski definition) is 3. The average molecular weight is 399 g/mol. The van der Waals surface area contributed by atoms with Crippen molar-refractivity contribution in [2.75, 3.05) is 26.8 Å². The van der Waals surface area contributed by atoms with Gasteiger partial charge in [-0.15, -0.1) is 0 Å². The van der Waals surface area contributed by atoms with Gasteiger partial charge in [0.05, 0.1) is 19.3 Å². The largest absolute Gasteiger partial charge is 0.496 e. The molecule has 0 bridgehead atoms. The molecule has 0 atom stereocenters. The molecule has 1 amide bonds. The van der Waals surface area contributed by atoms with Gasteiger partial charge in [-0.3, -0.25) is 0 Å². The third kappa shape index (κ3) is 4.39. The Kier molecular flexibility index (Phi) is 6.10. The van der Waals surface area contributed by atoms with Gasteiger partial charge in [0.1, 0.15) is 5.75 Å². The van der Waals surface area contributed by atoms with Crippen LogP contribution in [-0.4, -0.2) is 37.8 Å². The minimum atomic E-state index is -4.42. The number of hydrogen-bond donors (Lipinski definition) is 0. The van der Waals surface area contributed by atoms with Crippen LogP contribution in [0.15, 0.2) is 18.2 Å². The van der Waals surface area contributed by atoms with E-state index in [1.807, 2.05) is 6.92 Å². The van der Waals surface area contributed by atoms with E-state index in [0.29, 0.717) is 19.7 Å². The summed E-state index contributed by atoms with van der Waals surface area (Å²) in [5, 5.41) is 0. The van der Waals surface area contributed by atoms with Gasteiger partial charge in [0.15, 0.2) is 0 Å². The van der Waals surface area contributed by atoms with Gasteiger partial charge >= 0.3 is 12.3 Å². The molecule has 3 rings (SSSR count). The van der Waals surface area contributed by atoms with E-state index in [-0.39, 0.29) is 23.2 Å². The van der Waals surface area contributed by atoms with Crippen molar-refractivity contribution in [3.05, 3.63) is 29.3 Å². The molecule has 156 valence electrons. The van der Waals surface area contributed by atoms with E-state index in [9.17, 15) is 18.0 Å². The molecule has 4 nitrogen and oxygen atoms in total. The number of likely N-dealkylation sites (tertiary alicyclic amines) is 1. The molecular weight excluding hydrogens is 371 g/mol. The van der Waals surface area contributed by atoms with E-state index in [1.165, 1.54) is 19.2 Å². The number of carbonyl (C=O) groups is 1. The number of ether oxygens (including phenoxy) is 2. The van der Waals surface area contributed by atoms with Crippen LogP contribution in [0, 0.1) is 5.41 Å². The van der Waals surface area contributed by atoms with Crippen LogP contribution in [0.1, 0.15) is 62.5 Å². The molecule has 0 radical (unpaired) electrons. The van der Waals surface area contributed by atoms with Crippen molar-refractivity contribution in [3.8, 4) is 5.75 Å². The lowest BCUT2D eigenvalue weighted by atomic mass is 9.56. The number of benzene rings is 1. The summed E-state index contributed by atoms with van der Waals surface area (Å²) in [6.07, 6.45) is 0.691. The second-order valence-corrected chi connectivity index (χ2v) is 8.02. The van der Waals surface area contributed by atoms with Crippen LogP contribution in [0.5, 0.6) is 5.75 Å². The number of rotatable bonds is 5. The lowest BCUT2D eigenvalue weighted by molar-refractivity contribution is -0.138. The number of halogens is 3. The van der Waals surface area contributed by atoms with Gasteiger partial charge in [-0.2, -0.15) is 13.2 Å². The fourth-order valence-electron chi connectivity index (χ4n) is 4.39. The highest BCUT2D eigenvalue weighted by Crippen LogP contribution is 2.57. The Morgan fingerprint density at radius 2 is 1.93 bits per heavy atom. The molecule has 1 aromatic carbocycles. The predicted molar refractivity (Wildman–Crippen MR) is 99.5 cm³/mol. The lowest BCUT2D eigenvalue weighted by Gasteiger charge is -2.52. The Bertz CT molecular complexity index is 689. The van der Waals surface area contributed by atoms with Crippen molar-refractivity contribution < 1.29 is 27.4 Å². The molecule has 0 aromatic heterocycles. The molecule has 7 heteroatoms. The molecule has 28 heavy (non-hydrogen) atoms. The standard InChI is InChI=1S/C21H28F3NO3/c1-3-4-11-28-19(26)25-9-7-20(8-10-25)13-16(14-20)15-5-6-18(27-2)17(12-15)21(22,23)24/h5-6,12,16H,3-4,7-11,13-14H2,1-2H3. The number of amides is 1. The number of alkyl halides is 3. The molecule has 1 heterocycles. The summed E-state index contributed by atoms with van der Waals surface area (Å²) in [5.41, 5.74) is 0.154. The zero-order valence-electron chi connectivity index (χ0n) is 16.5. The van der Waals surface area contributed by atoms with Gasteiger partial charge in [-0.25, -0.2) is 4.79 Å². The molecule has 2 fully saturated rings. The summed E-state index contributed by atoms with van der Waals surface area (Å²) >= 11 is 0. The van der Waals surface area contributed by atoms with E-state index in [2.05, 4.69) is 0 Å². The van der Waals surface area contributed by atoms with Gasteiger partial charge in [0.2, 0.25) is 0 Å². The minimum absolute atomic E-state index is 0.134. The molecule has 1 aliphatic carbocycles. The quantitative estimate of drug-likeness (QED) is 0.604. The van der Waals surface area contributed by atoms with E-state index in [0.717, 1.165) is 44.1 Å². The first-order valence-electron chi connectivity index (χ1n) is 9.95. The predicted octanol–water partition coefficient (Wildman–Crippen LogP) is 5.61. The van der Waals surface area contributed by atoms with Crippen molar-refractivity contribution in [2.45, 2.75) is 57.5 Å². The van der Waals surface area contributed by atoms with Gasteiger partial charge in [0, 0.05) is 13.1 Å². The van der Waals surface area contributed by atoms with E-state index in [4.69, 9.17) is 9.47 Å². The monoisotopic (exact) mass is 399 g/mol. The number of carbonyl (C=O) groups excluding carboxylic acids is 1. The Balaban J connectivity index is 1.56. The van der Waals surface area contributed by atoms with Crippen LogP contribution in [0.4, 0.5) is 18.0 Å². The first-order chi connectivity index (χ1) is 13.3. The summed E-state index contributed by atoms with van der Waals surface area (Å²) < 4.78 is 49.9. The maximum atomic E-state index is 13.2. The van der Waals surface area contributed by atoms with Gasteiger partial charge in [-0.05, 0) is 61.1 Å². The topological polar surface area (TPSA) is 38.8 Å². The minimum Gasteiger partial charge on any atom is -0.496 e. The fourth-order valence-corrected chi connectivity index (χ4v) is 4.39. The summed E-state index contributed by atoms with van der Waals surface area (Å²) in [6.45, 7) is 3.83. The molecule has 1 spiro atoms. The molecule has 0 N–H and O–H groups in total. The third-order valence-corrected chi connectivity index (χ3v) is 6.16. The zero-order chi connectivity index (χ0) is 20.4. The number of unbranched alkanes of at least 4 members (excludes halogenated alkanes) is 1. The third-order valence-electron chi connectivity index (χ3n) is 6.16. The van der Waals surface area contributed by atoms with Crippen LogP contribution >= 0.6 is 0 Å². The van der Waals surface area contributed by atoms with E-state index in [1.54, 1.807) is 11.0 Å². The second kappa shape index (κ2) is 8.21. The summed E-state index contributed by atoms with van der Waals surface area (Å²) in [4.78, 5) is 13.8. The summed E-state index contributed by atoms with van der Waals surface area (Å²) in [7, 11) is 1.25. The van der Waals surface area contributed by atoms with Gasteiger partial charge in [-0.1, -0.05) is 19.4 Å². The van der Waals surface area contributed by atoms with Crippen LogP contribution in [0.3, 0.4) is 0 Å². The van der Waals surface area contributed by atoms with Gasteiger partial charge < -0.3 is 14.4 Å². The van der Waals surface area contributed by atoms with Crippen molar-refractivity contribution >= 4 is 6.09 Å². The van der Waals surface area contributed by atoms with Crippen molar-refractivity contribution in [2.24, 2.45) is 5.41 Å². The lowest BCUT2D eigenvalue weighted by Crippen LogP contribution is -2.48. The van der Waals surface area contributed by atoms with E-state index < -0.39 is 11.7 Å². The SMILES string of the molecule is CCCCOC(=O)N1CCC2(CC1)CC(c1ccc(OC)c(C(F)(F)F)c1)C2.